The van der Waals surface area contributed by atoms with Crippen molar-refractivity contribution in [1.82, 2.24) is 9.80 Å². The number of piperidine rings is 1. The van der Waals surface area contributed by atoms with E-state index in [1.165, 1.54) is 70.0 Å². The smallest absolute Gasteiger partial charge is 0.222 e. The van der Waals surface area contributed by atoms with Crippen LogP contribution in [0.4, 0.5) is 0 Å². The third kappa shape index (κ3) is 4.71. The lowest BCUT2D eigenvalue weighted by atomic mass is 9.65. The van der Waals surface area contributed by atoms with Gasteiger partial charge in [-0.05, 0) is 93.5 Å². The average molecular weight is 385 g/mol. The maximum Gasteiger partial charge on any atom is 0.222 e. The molecule has 0 radical (unpaired) electrons. The number of likely N-dealkylation sites (tertiary alicyclic amines) is 2. The molecular weight excluding hydrogens is 348 g/mol. The number of amides is 1. The molecule has 28 heavy (non-hydrogen) atoms. The SMILES string of the molecule is COc1cccc(CN2CCC3(CCC(CC(=O)N4CCCC4)CC3)CC2)c1. The lowest BCUT2D eigenvalue weighted by Gasteiger charge is -2.46. The molecule has 1 amide bonds. The highest BCUT2D eigenvalue weighted by molar-refractivity contribution is 5.76. The summed E-state index contributed by atoms with van der Waals surface area (Å²) < 4.78 is 5.36. The normalized spacial score (nSPS) is 23.2. The van der Waals surface area contributed by atoms with E-state index >= 15 is 0 Å². The standard InChI is InChI=1S/C24H36N2O2/c1-28-22-6-4-5-21(17-22)19-25-15-11-24(12-16-25)9-7-20(8-10-24)18-23(27)26-13-2-3-14-26/h4-6,17,20H,2-3,7-16,18-19H2,1H3. The number of hydrogen-bond donors (Lipinski definition) is 0. The Labute approximate surface area is 170 Å². The number of carbonyl (C=O) groups excluding carboxylic acids is 1. The Morgan fingerprint density at radius 3 is 2.46 bits per heavy atom. The van der Waals surface area contributed by atoms with Crippen molar-refractivity contribution in [2.45, 2.75) is 64.3 Å². The summed E-state index contributed by atoms with van der Waals surface area (Å²) in [6, 6.07) is 8.47. The number of carbonyl (C=O) groups is 1. The Morgan fingerprint density at radius 1 is 1.07 bits per heavy atom. The van der Waals surface area contributed by atoms with Crippen molar-refractivity contribution in [2.24, 2.45) is 11.3 Å². The second-order valence-electron chi connectivity index (χ2n) is 9.36. The highest BCUT2D eigenvalue weighted by Gasteiger charge is 2.38. The van der Waals surface area contributed by atoms with Crippen LogP contribution in [0.2, 0.25) is 0 Å². The summed E-state index contributed by atoms with van der Waals surface area (Å²) in [6.07, 6.45) is 11.0. The predicted octanol–water partition coefficient (Wildman–Crippen LogP) is 4.48. The molecule has 1 aromatic carbocycles. The van der Waals surface area contributed by atoms with Crippen LogP contribution in [0.15, 0.2) is 24.3 Å². The van der Waals surface area contributed by atoms with Crippen molar-refractivity contribution in [1.29, 1.82) is 0 Å². The molecule has 3 fully saturated rings. The van der Waals surface area contributed by atoms with Gasteiger partial charge in [-0.15, -0.1) is 0 Å². The fraction of sp³-hybridized carbons (Fsp3) is 0.708. The van der Waals surface area contributed by atoms with E-state index in [2.05, 4.69) is 28.0 Å². The third-order valence-corrected chi connectivity index (χ3v) is 7.54. The van der Waals surface area contributed by atoms with Gasteiger partial charge in [-0.1, -0.05) is 12.1 Å². The maximum atomic E-state index is 12.5. The number of ether oxygens (including phenoxy) is 1. The molecule has 1 aromatic rings. The molecule has 154 valence electrons. The molecule has 0 atom stereocenters. The summed E-state index contributed by atoms with van der Waals surface area (Å²) in [5, 5.41) is 0. The topological polar surface area (TPSA) is 32.8 Å². The Balaban J connectivity index is 1.22. The maximum absolute atomic E-state index is 12.5. The van der Waals surface area contributed by atoms with Crippen molar-refractivity contribution in [3.05, 3.63) is 29.8 Å². The van der Waals surface area contributed by atoms with Gasteiger partial charge in [-0.2, -0.15) is 0 Å². The van der Waals surface area contributed by atoms with E-state index in [-0.39, 0.29) is 0 Å². The Kier molecular flexibility index (Phi) is 6.25. The van der Waals surface area contributed by atoms with Gasteiger partial charge in [0.05, 0.1) is 7.11 Å². The van der Waals surface area contributed by atoms with Crippen molar-refractivity contribution in [3.8, 4) is 5.75 Å². The Morgan fingerprint density at radius 2 is 1.79 bits per heavy atom. The molecule has 0 unspecified atom stereocenters. The van der Waals surface area contributed by atoms with Crippen molar-refractivity contribution < 1.29 is 9.53 Å². The van der Waals surface area contributed by atoms with Gasteiger partial charge < -0.3 is 9.64 Å². The minimum atomic E-state index is 0.423. The molecule has 3 aliphatic rings. The van der Waals surface area contributed by atoms with Crippen LogP contribution in [0.5, 0.6) is 5.75 Å². The quantitative estimate of drug-likeness (QED) is 0.750. The van der Waals surface area contributed by atoms with Crippen LogP contribution in [0.3, 0.4) is 0 Å². The van der Waals surface area contributed by atoms with Crippen molar-refractivity contribution in [2.75, 3.05) is 33.3 Å². The number of nitrogens with zero attached hydrogens (tertiary/aromatic N) is 2. The molecule has 2 saturated heterocycles. The highest BCUT2D eigenvalue weighted by Crippen LogP contribution is 2.47. The zero-order valence-corrected chi connectivity index (χ0v) is 17.5. The molecule has 2 aliphatic heterocycles. The summed E-state index contributed by atoms with van der Waals surface area (Å²) in [6.45, 7) is 5.43. The minimum absolute atomic E-state index is 0.423. The van der Waals surface area contributed by atoms with Crippen LogP contribution in [0.25, 0.3) is 0 Å². The molecule has 0 N–H and O–H groups in total. The fourth-order valence-corrected chi connectivity index (χ4v) is 5.55. The first-order valence-electron chi connectivity index (χ1n) is 11.3. The van der Waals surface area contributed by atoms with E-state index in [0.717, 1.165) is 31.8 Å². The number of benzene rings is 1. The zero-order valence-electron chi connectivity index (χ0n) is 17.5. The summed E-state index contributed by atoms with van der Waals surface area (Å²) in [5.74, 6) is 2.01. The van der Waals surface area contributed by atoms with E-state index in [1.54, 1.807) is 7.11 Å². The first-order chi connectivity index (χ1) is 13.7. The van der Waals surface area contributed by atoms with E-state index < -0.39 is 0 Å². The lowest BCUT2D eigenvalue weighted by molar-refractivity contribution is -0.131. The van der Waals surface area contributed by atoms with Crippen LogP contribution >= 0.6 is 0 Å². The van der Waals surface area contributed by atoms with E-state index in [1.807, 2.05) is 6.07 Å². The van der Waals surface area contributed by atoms with Crippen LogP contribution in [-0.4, -0.2) is 49.0 Å². The van der Waals surface area contributed by atoms with E-state index in [4.69, 9.17) is 4.74 Å². The molecule has 1 aliphatic carbocycles. The molecular formula is C24H36N2O2. The fourth-order valence-electron chi connectivity index (χ4n) is 5.55. The molecule has 4 heteroatoms. The number of methoxy groups -OCH3 is 1. The van der Waals surface area contributed by atoms with Gasteiger partial charge in [-0.25, -0.2) is 0 Å². The third-order valence-electron chi connectivity index (χ3n) is 7.54. The molecule has 4 nitrogen and oxygen atoms in total. The Hall–Kier alpha value is -1.55. The van der Waals surface area contributed by atoms with Crippen LogP contribution < -0.4 is 4.74 Å². The predicted molar refractivity (Wildman–Crippen MR) is 112 cm³/mol. The summed E-state index contributed by atoms with van der Waals surface area (Å²) in [5.41, 5.74) is 1.90. The van der Waals surface area contributed by atoms with Gasteiger partial charge in [0.2, 0.25) is 5.91 Å². The average Bonchev–Trinajstić information content (AvgIpc) is 3.27. The number of hydrogen-bond acceptors (Lipinski definition) is 3. The van der Waals surface area contributed by atoms with Crippen LogP contribution in [-0.2, 0) is 11.3 Å². The van der Waals surface area contributed by atoms with Crippen LogP contribution in [0.1, 0.15) is 63.4 Å². The first-order valence-corrected chi connectivity index (χ1v) is 11.3. The molecule has 2 heterocycles. The van der Waals surface area contributed by atoms with Gasteiger partial charge in [-0.3, -0.25) is 9.69 Å². The van der Waals surface area contributed by atoms with Gasteiger partial charge in [0.15, 0.2) is 0 Å². The summed E-state index contributed by atoms with van der Waals surface area (Å²) in [7, 11) is 1.73. The molecule has 0 aromatic heterocycles. The van der Waals surface area contributed by atoms with Crippen LogP contribution in [0, 0.1) is 11.3 Å². The zero-order chi connectivity index (χ0) is 19.4. The molecule has 4 rings (SSSR count). The number of rotatable bonds is 5. The lowest BCUT2D eigenvalue weighted by Crippen LogP contribution is -2.42. The first kappa shape index (κ1) is 19.8. The second-order valence-corrected chi connectivity index (χ2v) is 9.36. The highest BCUT2D eigenvalue weighted by atomic mass is 16.5. The minimum Gasteiger partial charge on any atom is -0.497 e. The van der Waals surface area contributed by atoms with Crippen molar-refractivity contribution >= 4 is 5.91 Å². The molecule has 0 bridgehead atoms. The Bertz CT molecular complexity index is 650. The summed E-state index contributed by atoms with van der Waals surface area (Å²) >= 11 is 0. The second kappa shape index (κ2) is 8.86. The monoisotopic (exact) mass is 384 g/mol. The van der Waals surface area contributed by atoms with Gasteiger partial charge in [0.1, 0.15) is 5.75 Å². The van der Waals surface area contributed by atoms with Crippen molar-refractivity contribution in [3.63, 3.8) is 0 Å². The van der Waals surface area contributed by atoms with Gasteiger partial charge in [0.25, 0.3) is 0 Å². The molecule has 1 saturated carbocycles. The van der Waals surface area contributed by atoms with Gasteiger partial charge in [0, 0.05) is 26.1 Å². The van der Waals surface area contributed by atoms with Gasteiger partial charge >= 0.3 is 0 Å². The van der Waals surface area contributed by atoms with E-state index in [9.17, 15) is 4.79 Å². The summed E-state index contributed by atoms with van der Waals surface area (Å²) in [4.78, 5) is 17.2. The molecule has 1 spiro atoms. The van der Waals surface area contributed by atoms with E-state index in [0.29, 0.717) is 17.2 Å². The largest absolute Gasteiger partial charge is 0.497 e.